The molecule has 120 valence electrons. The summed E-state index contributed by atoms with van der Waals surface area (Å²) in [5.74, 6) is 0. The van der Waals surface area contributed by atoms with Gasteiger partial charge in [-0.05, 0) is 39.9 Å². The molecule has 1 saturated heterocycles. The first-order valence-electron chi connectivity index (χ1n) is 6.36. The molecule has 1 aromatic carbocycles. The minimum Gasteiger partial charge on any atom is -0.327 e. The Morgan fingerprint density at radius 1 is 1.43 bits per heavy atom. The number of hydrogen-bond donors (Lipinski definition) is 1. The number of piperidine rings is 1. The molecule has 1 unspecified atom stereocenters. The van der Waals surface area contributed by atoms with E-state index in [1.165, 1.54) is 4.31 Å². The monoisotopic (exact) mass is 416 g/mol. The van der Waals surface area contributed by atoms with Crippen LogP contribution in [-0.2, 0) is 10.0 Å². The first kappa shape index (κ1) is 19.2. The maximum atomic E-state index is 12.8. The fraction of sp³-hybridized carbons (Fsp3) is 0.538. The second kappa shape index (κ2) is 6.72. The fourth-order valence-electron chi connectivity index (χ4n) is 2.39. The number of rotatable bonds is 2. The number of benzene rings is 1. The highest BCUT2D eigenvalue weighted by Crippen LogP contribution is 2.36. The summed E-state index contributed by atoms with van der Waals surface area (Å²) in [5.41, 5.74) is 5.81. The quantitative estimate of drug-likeness (QED) is 0.802. The van der Waals surface area contributed by atoms with Crippen molar-refractivity contribution in [3.8, 4) is 0 Å². The van der Waals surface area contributed by atoms with Crippen molar-refractivity contribution >= 4 is 50.0 Å². The second-order valence-corrected chi connectivity index (χ2v) is 8.91. The molecular weight excluding hydrogens is 399 g/mol. The number of nitrogens with zero attached hydrogens (tertiary/aromatic N) is 1. The van der Waals surface area contributed by atoms with E-state index >= 15 is 0 Å². The molecule has 1 aliphatic rings. The highest BCUT2D eigenvalue weighted by Gasteiger charge is 2.39. The van der Waals surface area contributed by atoms with Crippen LogP contribution in [0.15, 0.2) is 27.6 Å². The zero-order valence-electron chi connectivity index (χ0n) is 11.8. The van der Waals surface area contributed by atoms with E-state index in [-0.39, 0.29) is 33.8 Å². The van der Waals surface area contributed by atoms with E-state index in [9.17, 15) is 8.42 Å². The van der Waals surface area contributed by atoms with Gasteiger partial charge in [0.15, 0.2) is 0 Å². The summed E-state index contributed by atoms with van der Waals surface area (Å²) >= 11 is 9.35. The highest BCUT2D eigenvalue weighted by molar-refractivity contribution is 9.10. The molecule has 1 fully saturated rings. The molecule has 1 aromatic rings. The van der Waals surface area contributed by atoms with E-state index in [0.717, 1.165) is 0 Å². The number of sulfonamides is 1. The van der Waals surface area contributed by atoms with Gasteiger partial charge in [0.2, 0.25) is 10.0 Å². The number of halogens is 3. The normalized spacial score (nSPS) is 22.6. The summed E-state index contributed by atoms with van der Waals surface area (Å²) in [6.45, 7) is 4.79. The van der Waals surface area contributed by atoms with Crippen molar-refractivity contribution in [2.24, 2.45) is 11.1 Å². The Bertz CT molecular complexity index is 602. The topological polar surface area (TPSA) is 63.4 Å². The molecule has 8 heteroatoms. The number of hydrogen-bond acceptors (Lipinski definition) is 3. The molecule has 0 aliphatic carbocycles. The third-order valence-corrected chi connectivity index (χ3v) is 7.09. The smallest absolute Gasteiger partial charge is 0.245 e. The van der Waals surface area contributed by atoms with Gasteiger partial charge in [0.1, 0.15) is 4.90 Å². The molecule has 1 aliphatic heterocycles. The summed E-state index contributed by atoms with van der Waals surface area (Å²) in [6, 6.07) is 4.98. The minimum atomic E-state index is -3.62. The lowest BCUT2D eigenvalue weighted by Crippen LogP contribution is -2.53. The van der Waals surface area contributed by atoms with Crippen LogP contribution in [0.4, 0.5) is 0 Å². The van der Waals surface area contributed by atoms with Gasteiger partial charge in [-0.15, -0.1) is 12.4 Å². The maximum absolute atomic E-state index is 12.8. The molecule has 2 rings (SSSR count). The third-order valence-electron chi connectivity index (χ3n) is 3.79. The van der Waals surface area contributed by atoms with E-state index in [4.69, 9.17) is 17.3 Å². The van der Waals surface area contributed by atoms with E-state index in [2.05, 4.69) is 15.9 Å². The van der Waals surface area contributed by atoms with Gasteiger partial charge in [0.25, 0.3) is 0 Å². The van der Waals surface area contributed by atoms with Crippen LogP contribution in [0, 0.1) is 5.41 Å². The lowest BCUT2D eigenvalue weighted by atomic mass is 9.81. The van der Waals surface area contributed by atoms with Gasteiger partial charge >= 0.3 is 0 Å². The van der Waals surface area contributed by atoms with Crippen molar-refractivity contribution in [2.45, 2.75) is 31.2 Å². The third kappa shape index (κ3) is 3.74. The predicted molar refractivity (Wildman–Crippen MR) is 91.5 cm³/mol. The highest BCUT2D eigenvalue weighted by atomic mass is 79.9. The number of nitrogens with two attached hydrogens (primary N) is 1. The molecular formula is C13H19BrCl2N2O2S. The van der Waals surface area contributed by atoms with Gasteiger partial charge in [-0.1, -0.05) is 31.5 Å². The lowest BCUT2D eigenvalue weighted by molar-refractivity contribution is 0.155. The van der Waals surface area contributed by atoms with Gasteiger partial charge < -0.3 is 5.73 Å². The first-order chi connectivity index (χ1) is 9.16. The van der Waals surface area contributed by atoms with Crippen LogP contribution in [0.25, 0.3) is 0 Å². The summed E-state index contributed by atoms with van der Waals surface area (Å²) in [7, 11) is -3.62. The Morgan fingerprint density at radius 3 is 2.57 bits per heavy atom. The predicted octanol–water partition coefficient (Wildman–Crippen LogP) is 3.27. The molecule has 0 saturated carbocycles. The van der Waals surface area contributed by atoms with Gasteiger partial charge in [0, 0.05) is 23.6 Å². The molecule has 2 N–H and O–H groups in total. The molecule has 4 nitrogen and oxygen atoms in total. The van der Waals surface area contributed by atoms with Crippen molar-refractivity contribution in [1.29, 1.82) is 0 Å². The van der Waals surface area contributed by atoms with Crippen molar-refractivity contribution in [1.82, 2.24) is 4.31 Å². The Hall–Kier alpha value is 0.150. The molecule has 0 amide bonds. The molecule has 0 spiro atoms. The maximum Gasteiger partial charge on any atom is 0.245 e. The van der Waals surface area contributed by atoms with E-state index in [1.54, 1.807) is 18.2 Å². The van der Waals surface area contributed by atoms with Crippen LogP contribution < -0.4 is 5.73 Å². The molecule has 1 atom stereocenters. The van der Waals surface area contributed by atoms with Crippen molar-refractivity contribution < 1.29 is 8.42 Å². The van der Waals surface area contributed by atoms with Crippen molar-refractivity contribution in [3.63, 3.8) is 0 Å². The van der Waals surface area contributed by atoms with Crippen LogP contribution in [0.1, 0.15) is 20.3 Å². The zero-order valence-corrected chi connectivity index (χ0v) is 15.8. The van der Waals surface area contributed by atoms with Crippen LogP contribution in [0.2, 0.25) is 5.02 Å². The minimum absolute atomic E-state index is 0. The summed E-state index contributed by atoms with van der Waals surface area (Å²) < 4.78 is 27.5. The van der Waals surface area contributed by atoms with Crippen LogP contribution in [0.5, 0.6) is 0 Å². The second-order valence-electron chi connectivity index (χ2n) is 5.77. The van der Waals surface area contributed by atoms with E-state index < -0.39 is 10.0 Å². The summed E-state index contributed by atoms with van der Waals surface area (Å²) in [4.78, 5) is 0.132. The first-order valence-corrected chi connectivity index (χ1v) is 8.97. The zero-order chi connectivity index (χ0) is 15.1. The Morgan fingerprint density at radius 2 is 2.05 bits per heavy atom. The Kier molecular flexibility index (Phi) is 6.15. The SMILES string of the molecule is CC1(C)CN(S(=O)(=O)c2c(Cl)cccc2Br)CCC1N.Cl. The Balaban J connectivity index is 0.00000220. The summed E-state index contributed by atoms with van der Waals surface area (Å²) in [5, 5.41) is 0.229. The molecule has 1 heterocycles. The van der Waals surface area contributed by atoms with Crippen LogP contribution >= 0.6 is 39.9 Å². The van der Waals surface area contributed by atoms with Crippen molar-refractivity contribution in [3.05, 3.63) is 27.7 Å². The summed E-state index contributed by atoms with van der Waals surface area (Å²) in [6.07, 6.45) is 0.647. The van der Waals surface area contributed by atoms with E-state index in [0.29, 0.717) is 24.0 Å². The lowest BCUT2D eigenvalue weighted by Gasteiger charge is -2.41. The van der Waals surface area contributed by atoms with Crippen LogP contribution in [0.3, 0.4) is 0 Å². The molecule has 0 aromatic heterocycles. The van der Waals surface area contributed by atoms with Gasteiger partial charge in [-0.25, -0.2) is 8.42 Å². The Labute approximate surface area is 145 Å². The van der Waals surface area contributed by atoms with Crippen molar-refractivity contribution in [2.75, 3.05) is 13.1 Å². The molecule has 0 radical (unpaired) electrons. The standard InChI is InChI=1S/C13H18BrClN2O2S.ClH/c1-13(2)8-17(7-6-11(13)16)20(18,19)12-9(14)4-3-5-10(12)15;/h3-5,11H,6-8,16H2,1-2H3;1H. The fourth-order valence-corrected chi connectivity index (χ4v) is 5.68. The van der Waals surface area contributed by atoms with Gasteiger partial charge in [-0.2, -0.15) is 4.31 Å². The average molecular weight is 418 g/mol. The average Bonchev–Trinajstić information content (AvgIpc) is 2.32. The van der Waals surface area contributed by atoms with Gasteiger partial charge in [-0.3, -0.25) is 0 Å². The van der Waals surface area contributed by atoms with Crippen LogP contribution in [-0.4, -0.2) is 31.9 Å². The van der Waals surface area contributed by atoms with Gasteiger partial charge in [0.05, 0.1) is 5.02 Å². The molecule has 21 heavy (non-hydrogen) atoms. The molecule has 0 bridgehead atoms. The van der Waals surface area contributed by atoms with E-state index in [1.807, 2.05) is 13.8 Å². The largest absolute Gasteiger partial charge is 0.327 e.